The lowest BCUT2D eigenvalue weighted by Gasteiger charge is -2.18. The average Bonchev–Trinajstić information content (AvgIpc) is 2.04. The molecule has 5 nitrogen and oxygen atoms in total. The van der Waals surface area contributed by atoms with Crippen LogP contribution in [0.5, 0.6) is 0 Å². The third kappa shape index (κ3) is 2.12. The molecule has 1 heterocycles. The minimum absolute atomic E-state index is 0.00574. The molecule has 1 rings (SSSR count). The molecule has 68 valence electrons. The fourth-order valence-electron chi connectivity index (χ4n) is 0.841. The molecule has 0 aliphatic carbocycles. The van der Waals surface area contributed by atoms with Gasteiger partial charge in [0, 0.05) is 6.20 Å². The highest BCUT2D eigenvalue weighted by Gasteiger charge is 2.12. The van der Waals surface area contributed by atoms with Gasteiger partial charge in [-0.2, -0.15) is 0 Å². The fraction of sp³-hybridized carbons (Fsp3) is 0. The van der Waals surface area contributed by atoms with Crippen molar-refractivity contribution in [2.24, 2.45) is 11.5 Å². The molecule has 0 amide bonds. The SMILES string of the molecule is N=C(N)N(C(N)=S)c1ccccn1. The second-order valence-corrected chi connectivity index (χ2v) is 2.67. The minimum Gasteiger partial charge on any atom is -0.375 e. The molecule has 0 aromatic carbocycles. The second kappa shape index (κ2) is 3.81. The number of pyridine rings is 1. The normalized spacial score (nSPS) is 9.23. The lowest BCUT2D eigenvalue weighted by atomic mass is 10.4. The molecule has 0 aliphatic heterocycles. The first-order valence-electron chi connectivity index (χ1n) is 3.47. The molecular weight excluding hydrogens is 186 g/mol. The fourth-order valence-corrected chi connectivity index (χ4v) is 1.03. The third-order valence-corrected chi connectivity index (χ3v) is 1.52. The van der Waals surface area contributed by atoms with Gasteiger partial charge in [-0.3, -0.25) is 5.41 Å². The van der Waals surface area contributed by atoms with E-state index in [1.165, 1.54) is 4.90 Å². The third-order valence-electron chi connectivity index (χ3n) is 1.34. The zero-order valence-electron chi connectivity index (χ0n) is 6.77. The number of nitrogens with zero attached hydrogens (tertiary/aromatic N) is 2. The van der Waals surface area contributed by atoms with E-state index in [0.717, 1.165) is 0 Å². The Morgan fingerprint density at radius 3 is 2.54 bits per heavy atom. The number of rotatable bonds is 1. The summed E-state index contributed by atoms with van der Waals surface area (Å²) < 4.78 is 0. The van der Waals surface area contributed by atoms with E-state index in [1.807, 2.05) is 0 Å². The van der Waals surface area contributed by atoms with E-state index in [4.69, 9.17) is 29.1 Å². The maximum Gasteiger partial charge on any atom is 0.200 e. The number of nitrogens with one attached hydrogen (secondary N) is 1. The molecule has 0 aliphatic rings. The smallest absolute Gasteiger partial charge is 0.200 e. The number of thiocarbonyl (C=S) groups is 1. The van der Waals surface area contributed by atoms with Crippen molar-refractivity contribution in [3.05, 3.63) is 24.4 Å². The van der Waals surface area contributed by atoms with Crippen LogP contribution < -0.4 is 16.4 Å². The molecule has 13 heavy (non-hydrogen) atoms. The van der Waals surface area contributed by atoms with E-state index in [2.05, 4.69) is 4.98 Å². The molecule has 6 heteroatoms. The van der Waals surface area contributed by atoms with Crippen LogP contribution >= 0.6 is 12.2 Å². The topological polar surface area (TPSA) is 92.0 Å². The first-order valence-corrected chi connectivity index (χ1v) is 3.88. The van der Waals surface area contributed by atoms with Crippen LogP contribution in [0.25, 0.3) is 0 Å². The molecule has 1 aromatic rings. The zero-order valence-corrected chi connectivity index (χ0v) is 7.58. The van der Waals surface area contributed by atoms with Crippen molar-refractivity contribution >= 4 is 29.1 Å². The van der Waals surface area contributed by atoms with Crippen LogP contribution in [-0.4, -0.2) is 16.1 Å². The minimum atomic E-state index is -0.244. The zero-order chi connectivity index (χ0) is 9.84. The van der Waals surface area contributed by atoms with E-state index in [-0.39, 0.29) is 11.1 Å². The molecular formula is C7H9N5S. The van der Waals surface area contributed by atoms with Crippen LogP contribution in [-0.2, 0) is 0 Å². The van der Waals surface area contributed by atoms with E-state index in [9.17, 15) is 0 Å². The van der Waals surface area contributed by atoms with Gasteiger partial charge in [-0.05, 0) is 24.4 Å². The predicted octanol–water partition coefficient (Wildman–Crippen LogP) is 0.0251. The summed E-state index contributed by atoms with van der Waals surface area (Å²) in [6.45, 7) is 0. The Kier molecular flexibility index (Phi) is 2.76. The molecule has 0 bridgehead atoms. The van der Waals surface area contributed by atoms with Crippen molar-refractivity contribution in [2.45, 2.75) is 0 Å². The lowest BCUT2D eigenvalue weighted by molar-refractivity contribution is 1.20. The molecule has 1 aromatic heterocycles. The molecule has 0 radical (unpaired) electrons. The number of hydrogen-bond donors (Lipinski definition) is 3. The number of aromatic nitrogens is 1. The average molecular weight is 195 g/mol. The van der Waals surface area contributed by atoms with E-state index in [0.29, 0.717) is 5.82 Å². The van der Waals surface area contributed by atoms with Crippen LogP contribution in [0.4, 0.5) is 5.82 Å². The molecule has 0 saturated carbocycles. The number of nitrogens with two attached hydrogens (primary N) is 2. The monoisotopic (exact) mass is 195 g/mol. The molecule has 0 spiro atoms. The highest BCUT2D eigenvalue weighted by molar-refractivity contribution is 7.80. The van der Waals surface area contributed by atoms with Gasteiger partial charge in [-0.15, -0.1) is 0 Å². The number of hydrogen-bond acceptors (Lipinski definition) is 3. The van der Waals surface area contributed by atoms with Crippen LogP contribution in [0.1, 0.15) is 0 Å². The molecule has 0 saturated heterocycles. The Labute approximate surface area is 80.9 Å². The van der Waals surface area contributed by atoms with Gasteiger partial charge in [0.1, 0.15) is 5.82 Å². The Morgan fingerprint density at radius 1 is 1.46 bits per heavy atom. The van der Waals surface area contributed by atoms with E-state index >= 15 is 0 Å². The second-order valence-electron chi connectivity index (χ2n) is 2.25. The van der Waals surface area contributed by atoms with Crippen molar-refractivity contribution < 1.29 is 0 Å². The van der Waals surface area contributed by atoms with Gasteiger partial charge >= 0.3 is 0 Å². The summed E-state index contributed by atoms with van der Waals surface area (Å²) in [6.07, 6.45) is 1.57. The number of guanidine groups is 1. The van der Waals surface area contributed by atoms with Gasteiger partial charge in [-0.25, -0.2) is 9.88 Å². The Hall–Kier alpha value is -1.69. The van der Waals surface area contributed by atoms with Crippen LogP contribution in [0.15, 0.2) is 24.4 Å². The van der Waals surface area contributed by atoms with Gasteiger partial charge < -0.3 is 11.5 Å². The van der Waals surface area contributed by atoms with Crippen molar-refractivity contribution in [1.82, 2.24) is 4.98 Å². The first-order chi connectivity index (χ1) is 6.13. The van der Waals surface area contributed by atoms with Crippen molar-refractivity contribution in [1.29, 1.82) is 5.41 Å². The van der Waals surface area contributed by atoms with Gasteiger partial charge in [0.05, 0.1) is 0 Å². The maximum absolute atomic E-state index is 7.22. The van der Waals surface area contributed by atoms with E-state index in [1.54, 1.807) is 24.4 Å². The summed E-state index contributed by atoms with van der Waals surface area (Å²) in [4.78, 5) is 5.14. The number of anilines is 1. The predicted molar refractivity (Wildman–Crippen MR) is 55.4 cm³/mol. The Morgan fingerprint density at radius 2 is 2.15 bits per heavy atom. The summed E-state index contributed by atoms with van der Waals surface area (Å²) in [7, 11) is 0. The summed E-state index contributed by atoms with van der Waals surface area (Å²) in [5.74, 6) is 0.203. The van der Waals surface area contributed by atoms with Crippen molar-refractivity contribution in [3.63, 3.8) is 0 Å². The lowest BCUT2D eigenvalue weighted by Crippen LogP contribution is -2.44. The van der Waals surface area contributed by atoms with Crippen LogP contribution in [0, 0.1) is 5.41 Å². The quantitative estimate of drug-likeness (QED) is 0.334. The molecule has 0 fully saturated rings. The van der Waals surface area contributed by atoms with Gasteiger partial charge in [-0.1, -0.05) is 6.07 Å². The molecule has 0 unspecified atom stereocenters. The summed E-state index contributed by atoms with van der Waals surface area (Å²) >= 11 is 4.72. The Balaban J connectivity index is 3.03. The van der Waals surface area contributed by atoms with Gasteiger partial charge in [0.15, 0.2) is 5.11 Å². The van der Waals surface area contributed by atoms with E-state index < -0.39 is 0 Å². The molecule has 0 atom stereocenters. The first kappa shape index (κ1) is 9.40. The van der Waals surface area contributed by atoms with Crippen LogP contribution in [0.2, 0.25) is 0 Å². The largest absolute Gasteiger partial charge is 0.375 e. The highest BCUT2D eigenvalue weighted by Crippen LogP contribution is 2.07. The van der Waals surface area contributed by atoms with Gasteiger partial charge in [0.25, 0.3) is 0 Å². The summed E-state index contributed by atoms with van der Waals surface area (Å²) in [5.41, 5.74) is 10.6. The van der Waals surface area contributed by atoms with Crippen molar-refractivity contribution in [3.8, 4) is 0 Å². The Bertz CT molecular complexity index is 309. The summed E-state index contributed by atoms with van der Waals surface area (Å²) in [6, 6.07) is 5.18. The maximum atomic E-state index is 7.22. The van der Waals surface area contributed by atoms with Crippen LogP contribution in [0.3, 0.4) is 0 Å². The summed E-state index contributed by atoms with van der Waals surface area (Å²) in [5, 5.41) is 7.22. The standard InChI is InChI=1S/C7H9N5S/c8-6(9)12(7(10)13)5-3-1-2-4-11-5/h1-4H,(H3,8,9)(H2,10,13). The van der Waals surface area contributed by atoms with Gasteiger partial charge in [0.2, 0.25) is 5.96 Å². The van der Waals surface area contributed by atoms with Crippen molar-refractivity contribution in [2.75, 3.05) is 4.90 Å². The highest BCUT2D eigenvalue weighted by atomic mass is 32.1. The molecule has 5 N–H and O–H groups in total.